The van der Waals surface area contributed by atoms with Crippen LogP contribution < -0.4 is 4.74 Å². The maximum absolute atomic E-state index is 6.12. The number of benzene rings is 2. The summed E-state index contributed by atoms with van der Waals surface area (Å²) >= 11 is 7.99. The summed E-state index contributed by atoms with van der Waals surface area (Å²) in [5, 5.41) is 0.690. The van der Waals surface area contributed by atoms with Crippen LogP contribution in [0.1, 0.15) is 18.1 Å². The summed E-state index contributed by atoms with van der Waals surface area (Å²) in [5.74, 6) is 2.75. The topological polar surface area (TPSA) is 12.5 Å². The molecule has 120 valence electrons. The minimum absolute atomic E-state index is 0.690. The Morgan fingerprint density at radius 2 is 1.96 bits per heavy atom. The maximum atomic E-state index is 6.12. The molecule has 0 aromatic heterocycles. The zero-order valence-electron chi connectivity index (χ0n) is 13.4. The molecule has 1 heterocycles. The Morgan fingerprint density at radius 3 is 2.78 bits per heavy atom. The van der Waals surface area contributed by atoms with E-state index in [2.05, 4.69) is 37.1 Å². The molecule has 0 N–H and O–H groups in total. The molecular weight excluding hydrogens is 326 g/mol. The molecule has 2 aromatic rings. The number of nitrogens with zero attached hydrogens (tertiary/aromatic N) is 1. The maximum Gasteiger partial charge on any atom is 0.136 e. The van der Waals surface area contributed by atoms with Gasteiger partial charge in [0, 0.05) is 39.4 Å². The molecule has 3 rings (SSSR count). The van der Waals surface area contributed by atoms with Crippen LogP contribution in [0.25, 0.3) is 11.0 Å². The highest BCUT2D eigenvalue weighted by Gasteiger charge is 2.17. The number of thioether (sulfide) groups is 1. The average molecular weight is 346 g/mol. The van der Waals surface area contributed by atoms with Gasteiger partial charge in [-0.15, -0.1) is 11.8 Å². The van der Waals surface area contributed by atoms with Crippen LogP contribution in [0.5, 0.6) is 11.5 Å². The van der Waals surface area contributed by atoms with Crippen molar-refractivity contribution in [1.82, 2.24) is 4.90 Å². The van der Waals surface area contributed by atoms with Gasteiger partial charge in [-0.3, -0.25) is 0 Å². The summed E-state index contributed by atoms with van der Waals surface area (Å²) in [6.07, 6.45) is 2.20. The van der Waals surface area contributed by atoms with Gasteiger partial charge in [-0.05, 0) is 37.9 Å². The van der Waals surface area contributed by atoms with E-state index >= 15 is 0 Å². The van der Waals surface area contributed by atoms with Gasteiger partial charge in [0.05, 0.1) is 0 Å². The molecule has 0 saturated heterocycles. The van der Waals surface area contributed by atoms with Crippen molar-refractivity contribution in [3.8, 4) is 11.5 Å². The van der Waals surface area contributed by atoms with Crippen molar-refractivity contribution in [2.75, 3.05) is 25.9 Å². The third-order valence-corrected chi connectivity index (χ3v) is 5.18. The average Bonchev–Trinajstić information content (AvgIpc) is 2.71. The molecule has 2 aromatic carbocycles. The van der Waals surface area contributed by atoms with E-state index < -0.39 is 0 Å². The van der Waals surface area contributed by atoms with Gasteiger partial charge in [-0.25, -0.2) is 0 Å². The second kappa shape index (κ2) is 7.43. The van der Waals surface area contributed by atoms with Crippen LogP contribution >= 0.6 is 23.4 Å². The molecule has 0 atom stereocenters. The molecule has 2 nitrogen and oxygen atoms in total. The third kappa shape index (κ3) is 3.92. The summed E-state index contributed by atoms with van der Waals surface area (Å²) in [6, 6.07) is 14.0. The van der Waals surface area contributed by atoms with Crippen LogP contribution in [-0.4, -0.2) is 30.8 Å². The third-order valence-electron chi connectivity index (χ3n) is 3.91. The predicted molar refractivity (Wildman–Crippen MR) is 101 cm³/mol. The van der Waals surface area contributed by atoms with Gasteiger partial charge >= 0.3 is 0 Å². The quantitative estimate of drug-likeness (QED) is 0.697. The molecular formula is C19H20ClNOS. The number of fused-ring (bicyclic) bond motifs is 2. The Bertz CT molecular complexity index is 729. The van der Waals surface area contributed by atoms with Crippen molar-refractivity contribution in [3.63, 3.8) is 0 Å². The minimum Gasteiger partial charge on any atom is -0.456 e. The monoisotopic (exact) mass is 345 g/mol. The molecule has 0 amide bonds. The van der Waals surface area contributed by atoms with Crippen molar-refractivity contribution in [3.05, 3.63) is 58.6 Å². The Balaban J connectivity index is 1.93. The summed E-state index contributed by atoms with van der Waals surface area (Å²) in [7, 11) is 2.15. The van der Waals surface area contributed by atoms with E-state index in [0.29, 0.717) is 5.02 Å². The molecule has 0 aliphatic carbocycles. The van der Waals surface area contributed by atoms with E-state index in [0.717, 1.165) is 41.5 Å². The smallest absolute Gasteiger partial charge is 0.136 e. The van der Waals surface area contributed by atoms with Crippen LogP contribution in [0.4, 0.5) is 0 Å². The largest absolute Gasteiger partial charge is 0.456 e. The van der Waals surface area contributed by atoms with Crippen LogP contribution in [0.2, 0.25) is 5.02 Å². The fraction of sp³-hybridized carbons (Fsp3) is 0.263. The minimum atomic E-state index is 0.690. The van der Waals surface area contributed by atoms with Crippen LogP contribution in [0, 0.1) is 0 Å². The second-order valence-corrected chi connectivity index (χ2v) is 7.11. The van der Waals surface area contributed by atoms with Gasteiger partial charge in [-0.2, -0.15) is 0 Å². The van der Waals surface area contributed by atoms with E-state index in [1.165, 1.54) is 4.91 Å². The lowest BCUT2D eigenvalue weighted by molar-refractivity contribution is 0.377. The zero-order chi connectivity index (χ0) is 16.2. The molecule has 0 spiro atoms. The second-order valence-electron chi connectivity index (χ2n) is 5.53. The lowest BCUT2D eigenvalue weighted by Gasteiger charge is -2.14. The first-order chi connectivity index (χ1) is 11.2. The first-order valence-electron chi connectivity index (χ1n) is 7.77. The molecule has 4 heteroatoms. The first-order valence-corrected chi connectivity index (χ1v) is 9.13. The molecule has 0 saturated carbocycles. The SMILES string of the molecule is CCN(C)CCSC1=Cc2ccc(Cl)cc2Oc2ccccc21. The van der Waals surface area contributed by atoms with Crippen LogP contribution in [-0.2, 0) is 0 Å². The highest BCUT2D eigenvalue weighted by Crippen LogP contribution is 2.43. The highest BCUT2D eigenvalue weighted by atomic mass is 35.5. The lowest BCUT2D eigenvalue weighted by Crippen LogP contribution is -2.20. The summed E-state index contributed by atoms with van der Waals surface area (Å²) in [5.41, 5.74) is 2.21. The fourth-order valence-electron chi connectivity index (χ4n) is 2.40. The molecule has 1 aliphatic heterocycles. The lowest BCUT2D eigenvalue weighted by atomic mass is 10.1. The van der Waals surface area contributed by atoms with Crippen molar-refractivity contribution in [1.29, 1.82) is 0 Å². The Morgan fingerprint density at radius 1 is 1.13 bits per heavy atom. The van der Waals surface area contributed by atoms with E-state index in [1.807, 2.05) is 42.1 Å². The predicted octanol–water partition coefficient (Wildman–Crippen LogP) is 5.63. The molecule has 0 fully saturated rings. The molecule has 1 aliphatic rings. The standard InChI is InChI=1S/C19H20ClNOS/c1-3-21(2)10-11-23-19-12-14-8-9-15(20)13-18(14)22-17-7-5-4-6-16(17)19/h4-9,12-13H,3,10-11H2,1-2H3. The Kier molecular flexibility index (Phi) is 5.31. The van der Waals surface area contributed by atoms with Gasteiger partial charge in [-0.1, -0.05) is 36.7 Å². The molecule has 0 radical (unpaired) electrons. The van der Waals surface area contributed by atoms with E-state index in [9.17, 15) is 0 Å². The van der Waals surface area contributed by atoms with Crippen LogP contribution in [0.15, 0.2) is 42.5 Å². The number of halogens is 1. The highest BCUT2D eigenvalue weighted by molar-refractivity contribution is 8.08. The summed E-state index contributed by atoms with van der Waals surface area (Å²) < 4.78 is 6.10. The summed E-state index contributed by atoms with van der Waals surface area (Å²) in [6.45, 7) is 4.31. The number of rotatable bonds is 5. The number of hydrogen-bond acceptors (Lipinski definition) is 3. The van der Waals surface area contributed by atoms with Crippen molar-refractivity contribution < 1.29 is 4.74 Å². The van der Waals surface area contributed by atoms with Crippen molar-refractivity contribution in [2.24, 2.45) is 0 Å². The fourth-order valence-corrected chi connectivity index (χ4v) is 3.72. The zero-order valence-corrected chi connectivity index (χ0v) is 15.0. The number of ether oxygens (including phenoxy) is 1. The van der Waals surface area contributed by atoms with Gasteiger partial charge in [0.1, 0.15) is 11.5 Å². The van der Waals surface area contributed by atoms with Gasteiger partial charge in [0.25, 0.3) is 0 Å². The van der Waals surface area contributed by atoms with E-state index in [4.69, 9.17) is 16.3 Å². The van der Waals surface area contributed by atoms with Gasteiger partial charge < -0.3 is 9.64 Å². The number of hydrogen-bond donors (Lipinski definition) is 0. The van der Waals surface area contributed by atoms with Crippen molar-refractivity contribution in [2.45, 2.75) is 6.92 Å². The number of para-hydroxylation sites is 1. The van der Waals surface area contributed by atoms with Gasteiger partial charge in [0.15, 0.2) is 0 Å². The van der Waals surface area contributed by atoms with E-state index in [-0.39, 0.29) is 0 Å². The normalized spacial score (nSPS) is 13.0. The van der Waals surface area contributed by atoms with Gasteiger partial charge in [0.2, 0.25) is 0 Å². The molecule has 0 unspecified atom stereocenters. The first kappa shape index (κ1) is 16.4. The molecule has 0 bridgehead atoms. The van der Waals surface area contributed by atoms with Crippen LogP contribution in [0.3, 0.4) is 0 Å². The Hall–Kier alpha value is -1.42. The van der Waals surface area contributed by atoms with Crippen molar-refractivity contribution >= 4 is 34.3 Å². The summed E-state index contributed by atoms with van der Waals surface area (Å²) in [4.78, 5) is 3.56. The molecule has 23 heavy (non-hydrogen) atoms. The van der Waals surface area contributed by atoms with E-state index in [1.54, 1.807) is 0 Å². The Labute approximate surface area is 147 Å².